The summed E-state index contributed by atoms with van der Waals surface area (Å²) in [5.74, 6) is 1.52. The molecule has 0 aliphatic carbocycles. The van der Waals surface area contributed by atoms with E-state index in [0.29, 0.717) is 12.5 Å². The van der Waals surface area contributed by atoms with Crippen LogP contribution in [0.1, 0.15) is 39.4 Å². The number of hydrogen-bond donors (Lipinski definition) is 1. The summed E-state index contributed by atoms with van der Waals surface area (Å²) in [5.41, 5.74) is 0. The second-order valence-electron chi connectivity index (χ2n) is 5.93. The molecule has 1 aliphatic heterocycles. The van der Waals surface area contributed by atoms with Crippen molar-refractivity contribution in [2.45, 2.75) is 52.8 Å². The minimum absolute atomic E-state index is 0.0131. The van der Waals surface area contributed by atoms with E-state index in [9.17, 15) is 4.79 Å². The number of aromatic nitrogens is 2. The van der Waals surface area contributed by atoms with Crippen LogP contribution >= 0.6 is 0 Å². The molecular formula is C15H25N3O2. The highest BCUT2D eigenvalue weighted by molar-refractivity contribution is 5.79. The number of nitrogens with zero attached hydrogens (tertiary/aromatic N) is 2. The third-order valence-corrected chi connectivity index (χ3v) is 3.73. The normalized spacial score (nSPS) is 23.0. The van der Waals surface area contributed by atoms with E-state index >= 15 is 0 Å². The van der Waals surface area contributed by atoms with E-state index < -0.39 is 0 Å². The quantitative estimate of drug-likeness (QED) is 0.896. The maximum atomic E-state index is 12.2. The largest absolute Gasteiger partial charge is 0.378 e. The molecule has 1 amide bonds. The molecule has 5 nitrogen and oxygen atoms in total. The summed E-state index contributed by atoms with van der Waals surface area (Å²) in [7, 11) is 0. The van der Waals surface area contributed by atoms with Gasteiger partial charge in [0.25, 0.3) is 0 Å². The first-order valence-corrected chi connectivity index (χ1v) is 7.47. The van der Waals surface area contributed by atoms with E-state index in [-0.39, 0.29) is 17.9 Å². The Kier molecular flexibility index (Phi) is 5.17. The summed E-state index contributed by atoms with van der Waals surface area (Å²) < 4.78 is 7.65. The molecule has 2 rings (SSSR count). The van der Waals surface area contributed by atoms with E-state index in [2.05, 4.69) is 28.7 Å². The Morgan fingerprint density at radius 2 is 2.40 bits per heavy atom. The molecule has 1 N–H and O–H groups in total. The van der Waals surface area contributed by atoms with Crippen molar-refractivity contribution in [1.82, 2.24) is 14.9 Å². The van der Waals surface area contributed by atoms with Crippen molar-refractivity contribution >= 4 is 5.91 Å². The van der Waals surface area contributed by atoms with Crippen molar-refractivity contribution in [3.8, 4) is 0 Å². The van der Waals surface area contributed by atoms with Gasteiger partial charge in [0.1, 0.15) is 5.82 Å². The number of ether oxygens (including phenoxy) is 1. The first-order valence-electron chi connectivity index (χ1n) is 7.47. The van der Waals surface area contributed by atoms with Gasteiger partial charge in [-0.2, -0.15) is 0 Å². The van der Waals surface area contributed by atoms with Crippen LogP contribution in [0.25, 0.3) is 0 Å². The molecule has 2 atom stereocenters. The number of hydrogen-bond acceptors (Lipinski definition) is 3. The zero-order valence-electron chi connectivity index (χ0n) is 12.6. The lowest BCUT2D eigenvalue weighted by atomic mass is 9.94. The predicted molar refractivity (Wildman–Crippen MR) is 77.0 cm³/mol. The van der Waals surface area contributed by atoms with Crippen LogP contribution in [-0.4, -0.2) is 28.2 Å². The summed E-state index contributed by atoms with van der Waals surface area (Å²) in [5, 5.41) is 3.00. The molecule has 0 radical (unpaired) electrons. The first-order chi connectivity index (χ1) is 9.58. The molecule has 1 aromatic rings. The topological polar surface area (TPSA) is 56.2 Å². The highest BCUT2D eigenvalue weighted by atomic mass is 16.5. The molecule has 112 valence electrons. The van der Waals surface area contributed by atoms with Gasteiger partial charge in [0.2, 0.25) is 5.91 Å². The fourth-order valence-corrected chi connectivity index (χ4v) is 2.63. The number of carbonyl (C=O) groups excluding carboxylic acids is 1. The number of rotatable bonds is 5. The van der Waals surface area contributed by atoms with Crippen LogP contribution in [0.4, 0.5) is 0 Å². The van der Waals surface area contributed by atoms with E-state index in [1.54, 1.807) is 6.20 Å². The van der Waals surface area contributed by atoms with Crippen LogP contribution < -0.4 is 5.32 Å². The van der Waals surface area contributed by atoms with Gasteiger partial charge in [0, 0.05) is 25.5 Å². The Labute approximate surface area is 120 Å². The standard InChI is InChI=1S/C15H25N3O2/c1-11(2)10-18-7-6-16-14(18)9-17-15(19)13-5-4-8-20-12(13)3/h6-7,11-13H,4-5,8-10H2,1-3H3,(H,17,19)/t12-,13-/m1/s1. The zero-order chi connectivity index (χ0) is 14.5. The van der Waals surface area contributed by atoms with Crippen molar-refractivity contribution in [1.29, 1.82) is 0 Å². The SMILES string of the molecule is CC(C)Cn1ccnc1CNC(=O)[C@@H]1CCCO[C@@H]1C. The lowest BCUT2D eigenvalue weighted by Gasteiger charge is -2.28. The zero-order valence-corrected chi connectivity index (χ0v) is 12.6. The van der Waals surface area contributed by atoms with Gasteiger partial charge in [-0.3, -0.25) is 4.79 Å². The number of amides is 1. The molecule has 1 aliphatic rings. The molecule has 1 fully saturated rings. The van der Waals surface area contributed by atoms with E-state index in [1.807, 2.05) is 13.1 Å². The van der Waals surface area contributed by atoms with Crippen molar-refractivity contribution in [2.24, 2.45) is 11.8 Å². The second-order valence-corrected chi connectivity index (χ2v) is 5.93. The molecule has 0 bridgehead atoms. The molecule has 0 saturated carbocycles. The van der Waals surface area contributed by atoms with Crippen LogP contribution in [0.15, 0.2) is 12.4 Å². The molecule has 0 spiro atoms. The average molecular weight is 279 g/mol. The van der Waals surface area contributed by atoms with Gasteiger partial charge in [0.05, 0.1) is 18.6 Å². The molecular weight excluding hydrogens is 254 g/mol. The Bertz CT molecular complexity index is 442. The molecule has 1 aromatic heterocycles. The first kappa shape index (κ1) is 15.0. The summed E-state index contributed by atoms with van der Waals surface area (Å²) in [6, 6.07) is 0. The summed E-state index contributed by atoms with van der Waals surface area (Å²) in [6.45, 7) is 8.50. The average Bonchev–Trinajstić information content (AvgIpc) is 2.83. The van der Waals surface area contributed by atoms with Crippen molar-refractivity contribution < 1.29 is 9.53 Å². The van der Waals surface area contributed by atoms with Gasteiger partial charge in [-0.1, -0.05) is 13.8 Å². The lowest BCUT2D eigenvalue weighted by Crippen LogP contribution is -2.40. The van der Waals surface area contributed by atoms with Gasteiger partial charge >= 0.3 is 0 Å². The maximum Gasteiger partial charge on any atom is 0.226 e. The van der Waals surface area contributed by atoms with Gasteiger partial charge in [-0.15, -0.1) is 0 Å². The molecule has 5 heteroatoms. The van der Waals surface area contributed by atoms with E-state index in [4.69, 9.17) is 4.74 Å². The Morgan fingerprint density at radius 1 is 1.60 bits per heavy atom. The van der Waals surface area contributed by atoms with Crippen LogP contribution in [0.2, 0.25) is 0 Å². The van der Waals surface area contributed by atoms with Crippen molar-refractivity contribution in [3.05, 3.63) is 18.2 Å². The molecule has 1 saturated heterocycles. The van der Waals surface area contributed by atoms with Gasteiger partial charge in [0.15, 0.2) is 0 Å². The second kappa shape index (κ2) is 6.88. The molecule has 20 heavy (non-hydrogen) atoms. The van der Waals surface area contributed by atoms with Gasteiger partial charge < -0.3 is 14.6 Å². The number of nitrogens with one attached hydrogen (secondary N) is 1. The molecule has 2 heterocycles. The van der Waals surface area contributed by atoms with Crippen LogP contribution in [0.5, 0.6) is 0 Å². The lowest BCUT2D eigenvalue weighted by molar-refractivity contribution is -0.133. The Morgan fingerprint density at radius 3 is 3.10 bits per heavy atom. The molecule has 0 aromatic carbocycles. The minimum Gasteiger partial charge on any atom is -0.378 e. The highest BCUT2D eigenvalue weighted by Crippen LogP contribution is 2.20. The Balaban J connectivity index is 1.88. The maximum absolute atomic E-state index is 12.2. The number of imidazole rings is 1. The van der Waals surface area contributed by atoms with Crippen molar-refractivity contribution in [3.63, 3.8) is 0 Å². The van der Waals surface area contributed by atoms with Crippen molar-refractivity contribution in [2.75, 3.05) is 6.61 Å². The van der Waals surface area contributed by atoms with Gasteiger partial charge in [-0.05, 0) is 25.7 Å². The van der Waals surface area contributed by atoms with Crippen LogP contribution in [0.3, 0.4) is 0 Å². The minimum atomic E-state index is -0.0303. The molecule has 0 unspecified atom stereocenters. The highest BCUT2D eigenvalue weighted by Gasteiger charge is 2.28. The van der Waals surface area contributed by atoms with Crippen LogP contribution in [0, 0.1) is 11.8 Å². The third-order valence-electron chi connectivity index (χ3n) is 3.73. The third kappa shape index (κ3) is 3.82. The monoisotopic (exact) mass is 279 g/mol. The summed E-state index contributed by atoms with van der Waals surface area (Å²) >= 11 is 0. The Hall–Kier alpha value is -1.36. The summed E-state index contributed by atoms with van der Waals surface area (Å²) in [4.78, 5) is 16.5. The fraction of sp³-hybridized carbons (Fsp3) is 0.733. The van der Waals surface area contributed by atoms with Gasteiger partial charge in [-0.25, -0.2) is 4.98 Å². The smallest absolute Gasteiger partial charge is 0.226 e. The van der Waals surface area contributed by atoms with E-state index in [0.717, 1.165) is 31.8 Å². The number of carbonyl (C=O) groups is 1. The van der Waals surface area contributed by atoms with Crippen LogP contribution in [-0.2, 0) is 22.6 Å². The predicted octanol–water partition coefficient (Wildman–Crippen LogP) is 1.97. The van der Waals surface area contributed by atoms with E-state index in [1.165, 1.54) is 0 Å². The fourth-order valence-electron chi connectivity index (χ4n) is 2.63. The summed E-state index contributed by atoms with van der Waals surface area (Å²) in [6.07, 6.45) is 5.64.